The Morgan fingerprint density at radius 1 is 1.00 bits per heavy atom. The Balaban J connectivity index is 1.59. The molecule has 1 saturated heterocycles. The minimum absolute atomic E-state index is 0.0460. The normalized spacial score (nSPS) is 26.2. The Morgan fingerprint density at radius 2 is 1.58 bits per heavy atom. The van der Waals surface area contributed by atoms with Crippen molar-refractivity contribution in [3.05, 3.63) is 24.3 Å². The minimum Gasteiger partial charge on any atom is -0.435 e. The van der Waals surface area contributed by atoms with E-state index >= 15 is 0 Å². The fourth-order valence-corrected chi connectivity index (χ4v) is 5.28. The third-order valence-corrected chi connectivity index (χ3v) is 7.37. The highest BCUT2D eigenvalue weighted by molar-refractivity contribution is 7.89. The minimum atomic E-state index is -3.61. The molecular formula is C18H26F2N2O3S. The molecule has 2 fully saturated rings. The summed E-state index contributed by atoms with van der Waals surface area (Å²) in [6.07, 6.45) is 4.88. The average Bonchev–Trinajstić information content (AvgIpc) is 2.62. The van der Waals surface area contributed by atoms with E-state index in [0.717, 1.165) is 19.0 Å². The molecule has 0 aromatic heterocycles. The van der Waals surface area contributed by atoms with Crippen LogP contribution in [0.4, 0.5) is 8.78 Å². The summed E-state index contributed by atoms with van der Waals surface area (Å²) in [4.78, 5) is 2.52. The Bertz CT molecular complexity index is 681. The van der Waals surface area contributed by atoms with Crippen molar-refractivity contribution in [2.75, 3.05) is 26.2 Å². The van der Waals surface area contributed by atoms with Gasteiger partial charge in [-0.2, -0.15) is 13.1 Å². The molecule has 0 amide bonds. The first kappa shape index (κ1) is 19.5. The summed E-state index contributed by atoms with van der Waals surface area (Å²) in [6.45, 7) is 1.77. The van der Waals surface area contributed by atoms with Crippen LogP contribution in [0.25, 0.3) is 0 Å². The summed E-state index contributed by atoms with van der Waals surface area (Å²) >= 11 is 0. The summed E-state index contributed by atoms with van der Waals surface area (Å²) in [5, 5.41) is 0. The van der Waals surface area contributed by atoms with Gasteiger partial charge in [0.15, 0.2) is 0 Å². The Kier molecular flexibility index (Phi) is 6.14. The van der Waals surface area contributed by atoms with Crippen LogP contribution in [0, 0.1) is 5.92 Å². The van der Waals surface area contributed by atoms with Crippen LogP contribution < -0.4 is 4.74 Å². The number of sulfonamides is 1. The molecule has 0 radical (unpaired) electrons. The quantitative estimate of drug-likeness (QED) is 0.777. The van der Waals surface area contributed by atoms with Crippen molar-refractivity contribution >= 4 is 10.0 Å². The SMILES string of the molecule is C[C@H]1CC[C@@H](N2CCN(S(=O)(=O)c3ccc(OC(F)F)cc3)CC2)CC1. The summed E-state index contributed by atoms with van der Waals surface area (Å²) in [5.74, 6) is 0.750. The third kappa shape index (κ3) is 4.53. The van der Waals surface area contributed by atoms with E-state index in [9.17, 15) is 17.2 Å². The fraction of sp³-hybridized carbons (Fsp3) is 0.667. The lowest BCUT2D eigenvalue weighted by Gasteiger charge is -2.41. The molecule has 1 aromatic rings. The van der Waals surface area contributed by atoms with Crippen molar-refractivity contribution in [1.82, 2.24) is 9.21 Å². The Hall–Kier alpha value is -1.25. The van der Waals surface area contributed by atoms with Crippen LogP contribution >= 0.6 is 0 Å². The van der Waals surface area contributed by atoms with Gasteiger partial charge in [0, 0.05) is 32.2 Å². The maximum atomic E-state index is 12.8. The van der Waals surface area contributed by atoms with E-state index in [2.05, 4.69) is 16.6 Å². The highest BCUT2D eigenvalue weighted by Crippen LogP contribution is 2.28. The first-order valence-corrected chi connectivity index (χ1v) is 10.6. The molecular weight excluding hydrogens is 362 g/mol. The zero-order chi connectivity index (χ0) is 18.7. The molecule has 0 atom stereocenters. The maximum absolute atomic E-state index is 12.8. The molecule has 3 rings (SSSR count). The molecule has 1 aromatic carbocycles. The lowest BCUT2D eigenvalue weighted by Crippen LogP contribution is -2.52. The number of halogens is 2. The first-order chi connectivity index (χ1) is 12.4. The Morgan fingerprint density at radius 3 is 2.12 bits per heavy atom. The molecule has 26 heavy (non-hydrogen) atoms. The Labute approximate surface area is 154 Å². The van der Waals surface area contributed by atoms with Crippen molar-refractivity contribution in [2.24, 2.45) is 5.92 Å². The second-order valence-electron chi connectivity index (χ2n) is 7.20. The zero-order valence-electron chi connectivity index (χ0n) is 15.0. The molecule has 8 heteroatoms. The van der Waals surface area contributed by atoms with E-state index in [0.29, 0.717) is 19.1 Å². The van der Waals surface area contributed by atoms with Crippen molar-refractivity contribution in [2.45, 2.75) is 50.2 Å². The van der Waals surface area contributed by atoms with Gasteiger partial charge < -0.3 is 4.74 Å². The van der Waals surface area contributed by atoms with Gasteiger partial charge in [-0.25, -0.2) is 8.42 Å². The van der Waals surface area contributed by atoms with Crippen molar-refractivity contribution < 1.29 is 21.9 Å². The molecule has 0 N–H and O–H groups in total. The number of nitrogens with zero attached hydrogens (tertiary/aromatic N) is 2. The summed E-state index contributed by atoms with van der Waals surface area (Å²) in [7, 11) is -3.61. The van der Waals surface area contributed by atoms with E-state index in [1.807, 2.05) is 0 Å². The number of piperazine rings is 1. The number of alkyl halides is 2. The van der Waals surface area contributed by atoms with Gasteiger partial charge in [-0.3, -0.25) is 4.90 Å². The molecule has 2 aliphatic rings. The van der Waals surface area contributed by atoms with E-state index in [1.165, 1.54) is 54.3 Å². The summed E-state index contributed by atoms with van der Waals surface area (Å²) < 4.78 is 55.7. The van der Waals surface area contributed by atoms with Crippen molar-refractivity contribution in [1.29, 1.82) is 0 Å². The van der Waals surface area contributed by atoms with Gasteiger partial charge in [-0.15, -0.1) is 0 Å². The number of rotatable bonds is 5. The number of ether oxygens (including phenoxy) is 1. The van der Waals surface area contributed by atoms with Crippen LogP contribution in [0.1, 0.15) is 32.6 Å². The van der Waals surface area contributed by atoms with E-state index < -0.39 is 16.6 Å². The van der Waals surface area contributed by atoms with Gasteiger partial charge in [-0.05, 0) is 55.9 Å². The lowest BCUT2D eigenvalue weighted by atomic mass is 9.86. The fourth-order valence-electron chi connectivity index (χ4n) is 3.86. The second kappa shape index (κ2) is 8.19. The second-order valence-corrected chi connectivity index (χ2v) is 9.14. The van der Waals surface area contributed by atoms with Crippen LogP contribution in [-0.2, 0) is 10.0 Å². The van der Waals surface area contributed by atoms with E-state index in [-0.39, 0.29) is 10.6 Å². The molecule has 1 aliphatic carbocycles. The highest BCUT2D eigenvalue weighted by atomic mass is 32.2. The van der Waals surface area contributed by atoms with Crippen LogP contribution in [0.3, 0.4) is 0 Å². The van der Waals surface area contributed by atoms with E-state index in [4.69, 9.17) is 0 Å². The third-order valence-electron chi connectivity index (χ3n) is 5.46. The molecule has 1 saturated carbocycles. The molecule has 5 nitrogen and oxygen atoms in total. The van der Waals surface area contributed by atoms with E-state index in [1.54, 1.807) is 0 Å². The molecule has 146 valence electrons. The van der Waals surface area contributed by atoms with Gasteiger partial charge in [0.2, 0.25) is 10.0 Å². The number of hydrogen-bond donors (Lipinski definition) is 0. The van der Waals surface area contributed by atoms with Crippen LogP contribution in [-0.4, -0.2) is 56.5 Å². The molecule has 1 aliphatic heterocycles. The van der Waals surface area contributed by atoms with Crippen LogP contribution in [0.2, 0.25) is 0 Å². The molecule has 0 spiro atoms. The topological polar surface area (TPSA) is 49.9 Å². The largest absolute Gasteiger partial charge is 0.435 e. The van der Waals surface area contributed by atoms with Crippen LogP contribution in [0.5, 0.6) is 5.75 Å². The number of hydrogen-bond acceptors (Lipinski definition) is 4. The number of benzene rings is 1. The molecule has 0 unspecified atom stereocenters. The standard InChI is InChI=1S/C18H26F2N2O3S/c1-14-2-4-15(5-3-14)21-10-12-22(13-11-21)26(23,24)17-8-6-16(7-9-17)25-18(19)20/h6-9,14-15,18H,2-5,10-13H2,1H3/t14-,15+. The monoisotopic (exact) mass is 388 g/mol. The molecule has 1 heterocycles. The first-order valence-electron chi connectivity index (χ1n) is 9.15. The zero-order valence-corrected chi connectivity index (χ0v) is 15.8. The van der Waals surface area contributed by atoms with Gasteiger partial charge >= 0.3 is 6.61 Å². The lowest BCUT2D eigenvalue weighted by molar-refractivity contribution is -0.0498. The highest BCUT2D eigenvalue weighted by Gasteiger charge is 2.32. The van der Waals surface area contributed by atoms with Crippen molar-refractivity contribution in [3.8, 4) is 5.75 Å². The predicted molar refractivity (Wildman–Crippen MR) is 94.8 cm³/mol. The summed E-state index contributed by atoms with van der Waals surface area (Å²) in [5.41, 5.74) is 0. The van der Waals surface area contributed by atoms with Crippen molar-refractivity contribution in [3.63, 3.8) is 0 Å². The van der Waals surface area contributed by atoms with Gasteiger partial charge in [0.1, 0.15) is 5.75 Å². The summed E-state index contributed by atoms with van der Waals surface area (Å²) in [6, 6.07) is 5.74. The molecule has 0 bridgehead atoms. The van der Waals surface area contributed by atoms with Gasteiger partial charge in [-0.1, -0.05) is 6.92 Å². The smallest absolute Gasteiger partial charge is 0.387 e. The van der Waals surface area contributed by atoms with Gasteiger partial charge in [0.05, 0.1) is 4.90 Å². The average molecular weight is 388 g/mol. The van der Waals surface area contributed by atoms with Crippen LogP contribution in [0.15, 0.2) is 29.2 Å². The maximum Gasteiger partial charge on any atom is 0.387 e. The van der Waals surface area contributed by atoms with Gasteiger partial charge in [0.25, 0.3) is 0 Å². The predicted octanol–water partition coefficient (Wildman–Crippen LogP) is 3.17.